The Morgan fingerprint density at radius 1 is 1.08 bits per heavy atom. The van der Waals surface area contributed by atoms with Crippen molar-refractivity contribution in [2.24, 2.45) is 0 Å². The number of rotatable bonds is 2. The van der Waals surface area contributed by atoms with Crippen molar-refractivity contribution in [2.75, 3.05) is 26.2 Å². The Balaban J connectivity index is 1.41. The SMILES string of the molecule is O=C(N[C@H]1CCc2c(O)cccc21)N1CCCC[C@@H](N2CCCC2)C1. The van der Waals surface area contributed by atoms with Crippen LogP contribution in [0, 0.1) is 0 Å². The summed E-state index contributed by atoms with van der Waals surface area (Å²) in [6.45, 7) is 4.09. The normalized spacial score (nSPS) is 27.1. The largest absolute Gasteiger partial charge is 0.508 e. The van der Waals surface area contributed by atoms with E-state index < -0.39 is 0 Å². The summed E-state index contributed by atoms with van der Waals surface area (Å²) < 4.78 is 0. The second-order valence-corrected chi connectivity index (χ2v) is 7.72. The standard InChI is InChI=1S/C20H29N3O2/c24-19-8-5-7-16-17(19)9-10-18(16)21-20(25)23-13-2-1-6-15(14-23)22-11-3-4-12-22/h5,7-8,15,18,24H,1-4,6,9-14H2,(H,21,25)/t15-,18+/m1/s1. The Morgan fingerprint density at radius 2 is 1.88 bits per heavy atom. The number of urea groups is 1. The number of phenolic OH excluding ortho intramolecular Hbond substituents is 1. The molecule has 3 aliphatic rings. The number of benzene rings is 1. The quantitative estimate of drug-likeness (QED) is 0.868. The van der Waals surface area contributed by atoms with Gasteiger partial charge in [0.2, 0.25) is 0 Å². The van der Waals surface area contributed by atoms with Gasteiger partial charge < -0.3 is 15.3 Å². The molecule has 0 unspecified atom stereocenters. The first kappa shape index (κ1) is 16.7. The number of aromatic hydroxyl groups is 1. The zero-order valence-electron chi connectivity index (χ0n) is 14.9. The number of hydrogen-bond acceptors (Lipinski definition) is 3. The van der Waals surface area contributed by atoms with E-state index in [9.17, 15) is 9.90 Å². The number of phenols is 1. The Morgan fingerprint density at radius 3 is 2.72 bits per heavy atom. The minimum Gasteiger partial charge on any atom is -0.508 e. The zero-order chi connectivity index (χ0) is 17.2. The number of carbonyl (C=O) groups excluding carboxylic acids is 1. The third kappa shape index (κ3) is 3.47. The average molecular weight is 343 g/mol. The van der Waals surface area contributed by atoms with Crippen LogP contribution < -0.4 is 5.32 Å². The Labute approximate surface area is 150 Å². The lowest BCUT2D eigenvalue weighted by Crippen LogP contribution is -2.47. The van der Waals surface area contributed by atoms with Gasteiger partial charge in [-0.15, -0.1) is 0 Å². The molecule has 2 saturated heterocycles. The third-order valence-electron chi connectivity index (χ3n) is 6.13. The molecular weight excluding hydrogens is 314 g/mol. The molecule has 2 amide bonds. The molecule has 0 saturated carbocycles. The van der Waals surface area contributed by atoms with E-state index in [4.69, 9.17) is 0 Å². The highest BCUT2D eigenvalue weighted by Gasteiger charge is 2.31. The number of amides is 2. The van der Waals surface area contributed by atoms with Crippen molar-refractivity contribution in [3.63, 3.8) is 0 Å². The van der Waals surface area contributed by atoms with Crippen molar-refractivity contribution in [1.29, 1.82) is 0 Å². The predicted molar refractivity (Wildman–Crippen MR) is 97.7 cm³/mol. The molecule has 1 aromatic rings. The van der Waals surface area contributed by atoms with Crippen LogP contribution in [0.4, 0.5) is 4.79 Å². The van der Waals surface area contributed by atoms with Gasteiger partial charge in [0.25, 0.3) is 0 Å². The molecule has 2 heterocycles. The maximum absolute atomic E-state index is 12.9. The first-order valence-electron chi connectivity index (χ1n) is 9.82. The van der Waals surface area contributed by atoms with Crippen molar-refractivity contribution in [1.82, 2.24) is 15.1 Å². The zero-order valence-corrected chi connectivity index (χ0v) is 14.9. The van der Waals surface area contributed by atoms with Crippen molar-refractivity contribution in [2.45, 2.75) is 57.0 Å². The van der Waals surface area contributed by atoms with E-state index in [1.165, 1.54) is 38.8 Å². The molecule has 0 spiro atoms. The van der Waals surface area contributed by atoms with E-state index in [0.717, 1.165) is 43.5 Å². The first-order valence-corrected chi connectivity index (χ1v) is 9.82. The number of carbonyl (C=O) groups is 1. The smallest absolute Gasteiger partial charge is 0.317 e. The fourth-order valence-electron chi connectivity index (χ4n) is 4.73. The minimum absolute atomic E-state index is 0.0306. The van der Waals surface area contributed by atoms with E-state index in [-0.39, 0.29) is 12.1 Å². The Kier molecular flexibility index (Phi) is 4.84. The fourth-order valence-corrected chi connectivity index (χ4v) is 4.73. The van der Waals surface area contributed by atoms with Gasteiger partial charge in [-0.2, -0.15) is 0 Å². The first-order chi connectivity index (χ1) is 12.2. The van der Waals surface area contributed by atoms with Crippen molar-refractivity contribution in [3.8, 4) is 5.75 Å². The van der Waals surface area contributed by atoms with Gasteiger partial charge in [0.05, 0.1) is 6.04 Å². The molecule has 4 rings (SSSR count). The highest BCUT2D eigenvalue weighted by atomic mass is 16.3. The summed E-state index contributed by atoms with van der Waals surface area (Å²) >= 11 is 0. The van der Waals surface area contributed by atoms with Gasteiger partial charge in [-0.3, -0.25) is 4.90 Å². The third-order valence-corrected chi connectivity index (χ3v) is 6.13. The number of nitrogens with zero attached hydrogens (tertiary/aromatic N) is 2. The van der Waals surface area contributed by atoms with Gasteiger partial charge in [-0.25, -0.2) is 4.79 Å². The predicted octanol–water partition coefficient (Wildman–Crippen LogP) is 3.04. The minimum atomic E-state index is 0.0306. The van der Waals surface area contributed by atoms with Crippen LogP contribution in [0.3, 0.4) is 0 Å². The summed E-state index contributed by atoms with van der Waals surface area (Å²) in [5.74, 6) is 0.359. The van der Waals surface area contributed by atoms with Gasteiger partial charge in [-0.1, -0.05) is 18.6 Å². The fraction of sp³-hybridized carbons (Fsp3) is 0.650. The van der Waals surface area contributed by atoms with E-state index in [0.29, 0.717) is 11.8 Å². The molecule has 2 aliphatic heterocycles. The maximum atomic E-state index is 12.9. The molecule has 25 heavy (non-hydrogen) atoms. The molecule has 2 fully saturated rings. The van der Waals surface area contributed by atoms with Crippen LogP contribution in [0.1, 0.15) is 55.7 Å². The summed E-state index contributed by atoms with van der Waals surface area (Å²) in [5, 5.41) is 13.2. The Bertz CT molecular complexity index is 627. The summed E-state index contributed by atoms with van der Waals surface area (Å²) in [4.78, 5) is 17.5. The van der Waals surface area contributed by atoms with Crippen molar-refractivity contribution in [3.05, 3.63) is 29.3 Å². The molecular formula is C20H29N3O2. The van der Waals surface area contributed by atoms with Crippen LogP contribution in [0.15, 0.2) is 18.2 Å². The molecule has 0 bridgehead atoms. The molecule has 1 aliphatic carbocycles. The van der Waals surface area contributed by atoms with Gasteiger partial charge in [0.1, 0.15) is 5.75 Å². The lowest BCUT2D eigenvalue weighted by atomic mass is 10.1. The molecule has 0 aromatic heterocycles. The molecule has 136 valence electrons. The van der Waals surface area contributed by atoms with Gasteiger partial charge in [0.15, 0.2) is 0 Å². The summed E-state index contributed by atoms with van der Waals surface area (Å²) in [7, 11) is 0. The summed E-state index contributed by atoms with van der Waals surface area (Å²) in [6, 6.07) is 6.25. The van der Waals surface area contributed by atoms with Gasteiger partial charge in [-0.05, 0) is 68.8 Å². The molecule has 2 N–H and O–H groups in total. The van der Waals surface area contributed by atoms with Gasteiger partial charge in [0, 0.05) is 19.1 Å². The highest BCUT2D eigenvalue weighted by Crippen LogP contribution is 2.36. The molecule has 5 heteroatoms. The second-order valence-electron chi connectivity index (χ2n) is 7.72. The molecule has 0 radical (unpaired) electrons. The molecule has 5 nitrogen and oxygen atoms in total. The number of hydrogen-bond donors (Lipinski definition) is 2. The van der Waals surface area contributed by atoms with Crippen LogP contribution in [-0.2, 0) is 6.42 Å². The monoisotopic (exact) mass is 343 g/mol. The second kappa shape index (κ2) is 7.24. The highest BCUT2D eigenvalue weighted by molar-refractivity contribution is 5.75. The Hall–Kier alpha value is -1.75. The van der Waals surface area contributed by atoms with Crippen LogP contribution in [0.2, 0.25) is 0 Å². The van der Waals surface area contributed by atoms with Crippen LogP contribution >= 0.6 is 0 Å². The van der Waals surface area contributed by atoms with Crippen LogP contribution in [0.25, 0.3) is 0 Å². The van der Waals surface area contributed by atoms with E-state index in [2.05, 4.69) is 10.2 Å². The lowest BCUT2D eigenvalue weighted by molar-refractivity contribution is 0.163. The van der Waals surface area contributed by atoms with E-state index in [1.807, 2.05) is 17.0 Å². The topological polar surface area (TPSA) is 55.8 Å². The summed E-state index contributed by atoms with van der Waals surface area (Å²) in [5.41, 5.74) is 2.08. The van der Waals surface area contributed by atoms with Crippen molar-refractivity contribution < 1.29 is 9.90 Å². The maximum Gasteiger partial charge on any atom is 0.317 e. The molecule has 2 atom stereocenters. The van der Waals surface area contributed by atoms with Gasteiger partial charge >= 0.3 is 6.03 Å². The van der Waals surface area contributed by atoms with Crippen LogP contribution in [0.5, 0.6) is 5.75 Å². The lowest BCUT2D eigenvalue weighted by Gasteiger charge is -2.31. The number of likely N-dealkylation sites (tertiary alicyclic amines) is 2. The average Bonchev–Trinajstić information content (AvgIpc) is 3.21. The van der Waals surface area contributed by atoms with E-state index in [1.54, 1.807) is 6.07 Å². The number of fused-ring (bicyclic) bond motifs is 1. The molecule has 1 aromatic carbocycles. The van der Waals surface area contributed by atoms with E-state index >= 15 is 0 Å². The van der Waals surface area contributed by atoms with Crippen LogP contribution in [-0.4, -0.2) is 53.2 Å². The summed E-state index contributed by atoms with van der Waals surface area (Å²) in [6.07, 6.45) is 7.83. The van der Waals surface area contributed by atoms with Crippen molar-refractivity contribution >= 4 is 6.03 Å². The number of nitrogens with one attached hydrogen (secondary N) is 1.